The topological polar surface area (TPSA) is 49.4 Å². The van der Waals surface area contributed by atoms with Crippen LogP contribution in [0.1, 0.15) is 68.4 Å². The summed E-state index contributed by atoms with van der Waals surface area (Å²) < 4.78 is 0. The van der Waals surface area contributed by atoms with Crippen LogP contribution in [-0.4, -0.2) is 36.3 Å². The van der Waals surface area contributed by atoms with Gasteiger partial charge in [0.15, 0.2) is 0 Å². The van der Waals surface area contributed by atoms with Crippen molar-refractivity contribution in [1.82, 2.24) is 10.2 Å². The van der Waals surface area contributed by atoms with Crippen LogP contribution in [0.5, 0.6) is 0 Å². The van der Waals surface area contributed by atoms with E-state index in [1.54, 1.807) is 0 Å². The molecule has 2 fully saturated rings. The zero-order chi connectivity index (χ0) is 18.4. The molecule has 0 radical (unpaired) electrons. The number of carbonyl (C=O) groups excluding carboxylic acids is 2. The molecule has 2 amide bonds. The molecule has 1 atom stereocenters. The van der Waals surface area contributed by atoms with Crippen LogP contribution >= 0.6 is 0 Å². The third-order valence-corrected chi connectivity index (χ3v) is 5.96. The highest BCUT2D eigenvalue weighted by Crippen LogP contribution is 2.36. The largest absolute Gasteiger partial charge is 0.346 e. The van der Waals surface area contributed by atoms with Gasteiger partial charge >= 0.3 is 0 Å². The standard InChI is InChI=1S/C22H32N2O2/c1-17-10-12-19(13-11-17)21(18-8-4-2-5-9-18)22(26)23-16-20(25)24-14-6-3-7-15-24/h10-13,18,21H,2-9,14-16H2,1H3,(H,23,26). The van der Waals surface area contributed by atoms with Crippen LogP contribution in [-0.2, 0) is 9.59 Å². The van der Waals surface area contributed by atoms with Crippen molar-refractivity contribution in [3.63, 3.8) is 0 Å². The number of likely N-dealkylation sites (tertiary alicyclic amines) is 1. The monoisotopic (exact) mass is 356 g/mol. The van der Waals surface area contributed by atoms with Gasteiger partial charge in [-0.05, 0) is 50.5 Å². The van der Waals surface area contributed by atoms with Gasteiger partial charge in [0.05, 0.1) is 12.5 Å². The number of carbonyl (C=O) groups is 2. The van der Waals surface area contributed by atoms with E-state index in [1.807, 2.05) is 4.90 Å². The number of hydrogen-bond acceptors (Lipinski definition) is 2. The van der Waals surface area contributed by atoms with Crippen LogP contribution in [0.2, 0.25) is 0 Å². The Morgan fingerprint density at radius 2 is 1.62 bits per heavy atom. The fourth-order valence-corrected chi connectivity index (χ4v) is 4.41. The molecular formula is C22H32N2O2. The number of amides is 2. The van der Waals surface area contributed by atoms with Gasteiger partial charge in [0.25, 0.3) is 0 Å². The van der Waals surface area contributed by atoms with E-state index in [0.29, 0.717) is 5.92 Å². The predicted octanol–water partition coefficient (Wildman–Crippen LogP) is 3.79. The molecule has 4 nitrogen and oxygen atoms in total. The lowest BCUT2D eigenvalue weighted by Crippen LogP contribution is -2.44. The van der Waals surface area contributed by atoms with Crippen LogP contribution in [0.3, 0.4) is 0 Å². The molecule has 1 saturated heterocycles. The van der Waals surface area contributed by atoms with Crippen LogP contribution in [0.25, 0.3) is 0 Å². The fraction of sp³-hybridized carbons (Fsp3) is 0.636. The first-order chi connectivity index (χ1) is 12.6. The van der Waals surface area contributed by atoms with Gasteiger partial charge in [0, 0.05) is 13.1 Å². The lowest BCUT2D eigenvalue weighted by molar-refractivity contribution is -0.134. The Morgan fingerprint density at radius 1 is 1.00 bits per heavy atom. The molecule has 1 heterocycles. The van der Waals surface area contributed by atoms with E-state index < -0.39 is 0 Å². The minimum Gasteiger partial charge on any atom is -0.346 e. The molecule has 3 rings (SSSR count). The zero-order valence-electron chi connectivity index (χ0n) is 16.0. The summed E-state index contributed by atoms with van der Waals surface area (Å²) in [6.07, 6.45) is 9.24. The molecule has 1 aliphatic heterocycles. The summed E-state index contributed by atoms with van der Waals surface area (Å²) in [7, 11) is 0. The summed E-state index contributed by atoms with van der Waals surface area (Å²) in [5, 5.41) is 2.96. The summed E-state index contributed by atoms with van der Waals surface area (Å²) >= 11 is 0. The third-order valence-electron chi connectivity index (χ3n) is 5.96. The summed E-state index contributed by atoms with van der Waals surface area (Å²) in [5.41, 5.74) is 2.29. The van der Waals surface area contributed by atoms with E-state index in [2.05, 4.69) is 36.5 Å². The molecule has 1 saturated carbocycles. The predicted molar refractivity (Wildman–Crippen MR) is 104 cm³/mol. The second-order valence-electron chi connectivity index (χ2n) is 7.95. The van der Waals surface area contributed by atoms with Crippen molar-refractivity contribution in [3.05, 3.63) is 35.4 Å². The Hall–Kier alpha value is -1.84. The first-order valence-electron chi connectivity index (χ1n) is 10.3. The van der Waals surface area contributed by atoms with E-state index in [-0.39, 0.29) is 24.3 Å². The number of rotatable bonds is 5. The van der Waals surface area contributed by atoms with Crippen molar-refractivity contribution >= 4 is 11.8 Å². The maximum atomic E-state index is 13.0. The van der Waals surface area contributed by atoms with Gasteiger partial charge in [-0.2, -0.15) is 0 Å². The van der Waals surface area contributed by atoms with E-state index in [9.17, 15) is 9.59 Å². The van der Waals surface area contributed by atoms with Gasteiger partial charge in [0.1, 0.15) is 0 Å². The minimum atomic E-state index is -0.134. The molecule has 0 spiro atoms. The number of piperidine rings is 1. The summed E-state index contributed by atoms with van der Waals surface area (Å²) in [6.45, 7) is 3.86. The molecule has 1 unspecified atom stereocenters. The second kappa shape index (κ2) is 9.20. The number of nitrogens with one attached hydrogen (secondary N) is 1. The molecular weight excluding hydrogens is 324 g/mol. The number of hydrogen-bond donors (Lipinski definition) is 1. The van der Waals surface area contributed by atoms with Crippen LogP contribution in [0.4, 0.5) is 0 Å². The lowest BCUT2D eigenvalue weighted by Gasteiger charge is -2.31. The van der Waals surface area contributed by atoms with E-state index in [1.165, 1.54) is 31.2 Å². The molecule has 1 N–H and O–H groups in total. The molecule has 2 aliphatic rings. The Labute approximate surface area is 157 Å². The van der Waals surface area contributed by atoms with Crippen LogP contribution in [0.15, 0.2) is 24.3 Å². The quantitative estimate of drug-likeness (QED) is 0.873. The zero-order valence-corrected chi connectivity index (χ0v) is 16.0. The first-order valence-corrected chi connectivity index (χ1v) is 10.3. The molecule has 0 aromatic heterocycles. The maximum Gasteiger partial charge on any atom is 0.241 e. The Morgan fingerprint density at radius 3 is 2.27 bits per heavy atom. The highest BCUT2D eigenvalue weighted by molar-refractivity contribution is 5.88. The maximum absolute atomic E-state index is 13.0. The molecule has 4 heteroatoms. The molecule has 142 valence electrons. The van der Waals surface area contributed by atoms with Crippen molar-refractivity contribution in [3.8, 4) is 0 Å². The van der Waals surface area contributed by atoms with Crippen molar-refractivity contribution in [2.24, 2.45) is 5.92 Å². The highest BCUT2D eigenvalue weighted by atomic mass is 16.2. The van der Waals surface area contributed by atoms with Crippen molar-refractivity contribution in [2.75, 3.05) is 19.6 Å². The first kappa shape index (κ1) is 18.9. The van der Waals surface area contributed by atoms with Gasteiger partial charge in [-0.25, -0.2) is 0 Å². The van der Waals surface area contributed by atoms with Gasteiger partial charge < -0.3 is 10.2 Å². The van der Waals surface area contributed by atoms with Gasteiger partial charge in [-0.3, -0.25) is 9.59 Å². The Balaban J connectivity index is 1.65. The molecule has 0 bridgehead atoms. The normalized spacial score (nSPS) is 19.8. The lowest BCUT2D eigenvalue weighted by atomic mass is 9.76. The highest BCUT2D eigenvalue weighted by Gasteiger charge is 2.31. The van der Waals surface area contributed by atoms with Gasteiger partial charge in [-0.1, -0.05) is 49.1 Å². The minimum absolute atomic E-state index is 0.0195. The van der Waals surface area contributed by atoms with Crippen molar-refractivity contribution in [1.29, 1.82) is 0 Å². The smallest absolute Gasteiger partial charge is 0.241 e. The SMILES string of the molecule is Cc1ccc(C(C(=O)NCC(=O)N2CCCCC2)C2CCCCC2)cc1. The number of benzene rings is 1. The van der Waals surface area contributed by atoms with E-state index in [0.717, 1.165) is 44.3 Å². The van der Waals surface area contributed by atoms with Gasteiger partial charge in [-0.15, -0.1) is 0 Å². The molecule has 1 aromatic rings. The third kappa shape index (κ3) is 4.87. The van der Waals surface area contributed by atoms with E-state index in [4.69, 9.17) is 0 Å². The van der Waals surface area contributed by atoms with Gasteiger partial charge in [0.2, 0.25) is 11.8 Å². The van der Waals surface area contributed by atoms with Crippen molar-refractivity contribution in [2.45, 2.75) is 64.2 Å². The molecule has 26 heavy (non-hydrogen) atoms. The van der Waals surface area contributed by atoms with Crippen molar-refractivity contribution < 1.29 is 9.59 Å². The number of aryl methyl sites for hydroxylation is 1. The second-order valence-corrected chi connectivity index (χ2v) is 7.95. The Bertz CT molecular complexity index is 599. The average molecular weight is 357 g/mol. The van der Waals surface area contributed by atoms with Crippen LogP contribution in [0, 0.1) is 12.8 Å². The summed E-state index contributed by atoms with van der Waals surface area (Å²) in [4.78, 5) is 27.3. The molecule has 1 aromatic carbocycles. The Kier molecular flexibility index (Phi) is 6.70. The van der Waals surface area contributed by atoms with E-state index >= 15 is 0 Å². The summed E-state index contributed by atoms with van der Waals surface area (Å²) in [5.74, 6) is 0.331. The van der Waals surface area contributed by atoms with Crippen LogP contribution < -0.4 is 5.32 Å². The number of nitrogens with zero attached hydrogens (tertiary/aromatic N) is 1. The fourth-order valence-electron chi connectivity index (χ4n) is 4.41. The average Bonchev–Trinajstić information content (AvgIpc) is 2.69. The molecule has 1 aliphatic carbocycles. The summed E-state index contributed by atoms with van der Waals surface area (Å²) in [6, 6.07) is 8.33.